The van der Waals surface area contributed by atoms with Crippen molar-refractivity contribution in [3.05, 3.63) is 42.5 Å². The van der Waals surface area contributed by atoms with Crippen molar-refractivity contribution in [2.24, 2.45) is 5.73 Å². The topological polar surface area (TPSA) is 53.1 Å². The summed E-state index contributed by atoms with van der Waals surface area (Å²) >= 11 is 0. The molecule has 84 valence electrons. The van der Waals surface area contributed by atoms with Crippen molar-refractivity contribution in [2.45, 2.75) is 13.0 Å². The van der Waals surface area contributed by atoms with Gasteiger partial charge in [0.15, 0.2) is 0 Å². The molecule has 16 heavy (non-hydrogen) atoms. The summed E-state index contributed by atoms with van der Waals surface area (Å²) in [7, 11) is 1.65. The summed E-state index contributed by atoms with van der Waals surface area (Å²) in [5, 5.41) is 0. The smallest absolute Gasteiger partial charge is 0.119 e. The Kier molecular flexibility index (Phi) is 2.92. The standard InChI is InChI=1S/C12H15N3O/c1-9(13)12-7-14-8-15(12)10-3-5-11(16-2)6-4-10/h3-9H,13H2,1-2H3/t9-/m1/s1. The number of nitrogens with two attached hydrogens (primary N) is 1. The lowest BCUT2D eigenvalue weighted by atomic mass is 10.2. The third-order valence-electron chi connectivity index (χ3n) is 2.48. The van der Waals surface area contributed by atoms with Crippen LogP contribution < -0.4 is 10.5 Å². The molecule has 0 saturated carbocycles. The largest absolute Gasteiger partial charge is 0.497 e. The monoisotopic (exact) mass is 217 g/mol. The first-order valence-corrected chi connectivity index (χ1v) is 5.14. The molecule has 0 aliphatic rings. The third kappa shape index (κ3) is 1.92. The van der Waals surface area contributed by atoms with Crippen molar-refractivity contribution in [3.8, 4) is 11.4 Å². The zero-order valence-electron chi connectivity index (χ0n) is 9.42. The Balaban J connectivity index is 2.38. The van der Waals surface area contributed by atoms with Crippen LogP contribution in [0.15, 0.2) is 36.8 Å². The van der Waals surface area contributed by atoms with Gasteiger partial charge in [0.25, 0.3) is 0 Å². The lowest BCUT2D eigenvalue weighted by Gasteiger charge is -2.11. The molecular formula is C12H15N3O. The normalized spacial score (nSPS) is 12.4. The molecule has 0 saturated heterocycles. The molecule has 1 aromatic heterocycles. The van der Waals surface area contributed by atoms with Crippen molar-refractivity contribution < 1.29 is 4.74 Å². The van der Waals surface area contributed by atoms with Crippen LogP contribution in [-0.2, 0) is 0 Å². The van der Waals surface area contributed by atoms with Crippen LogP contribution in [0.3, 0.4) is 0 Å². The molecule has 0 amide bonds. The summed E-state index contributed by atoms with van der Waals surface area (Å²) in [6.07, 6.45) is 3.55. The van der Waals surface area contributed by atoms with Gasteiger partial charge in [0.2, 0.25) is 0 Å². The van der Waals surface area contributed by atoms with E-state index in [-0.39, 0.29) is 6.04 Å². The van der Waals surface area contributed by atoms with E-state index in [4.69, 9.17) is 10.5 Å². The number of rotatable bonds is 3. The van der Waals surface area contributed by atoms with Crippen molar-refractivity contribution in [1.82, 2.24) is 9.55 Å². The molecule has 2 rings (SSSR count). The molecule has 0 bridgehead atoms. The Morgan fingerprint density at radius 3 is 2.56 bits per heavy atom. The van der Waals surface area contributed by atoms with E-state index in [9.17, 15) is 0 Å². The van der Waals surface area contributed by atoms with Crippen LogP contribution in [0.4, 0.5) is 0 Å². The summed E-state index contributed by atoms with van der Waals surface area (Å²) in [5.74, 6) is 0.839. The molecule has 2 aromatic rings. The maximum atomic E-state index is 5.87. The van der Waals surface area contributed by atoms with Crippen molar-refractivity contribution >= 4 is 0 Å². The SMILES string of the molecule is COc1ccc(-n2cncc2[C@@H](C)N)cc1. The van der Waals surface area contributed by atoms with Crippen LogP contribution in [-0.4, -0.2) is 16.7 Å². The molecular weight excluding hydrogens is 202 g/mol. The lowest BCUT2D eigenvalue weighted by molar-refractivity contribution is 0.414. The molecule has 0 aliphatic carbocycles. The van der Waals surface area contributed by atoms with E-state index in [1.54, 1.807) is 19.6 Å². The highest BCUT2D eigenvalue weighted by atomic mass is 16.5. The molecule has 2 N–H and O–H groups in total. The Hall–Kier alpha value is -1.81. The number of imidazole rings is 1. The number of aromatic nitrogens is 2. The van der Waals surface area contributed by atoms with Gasteiger partial charge >= 0.3 is 0 Å². The van der Waals surface area contributed by atoms with Gasteiger partial charge in [-0.25, -0.2) is 4.98 Å². The van der Waals surface area contributed by atoms with Crippen LogP contribution >= 0.6 is 0 Å². The fraction of sp³-hybridized carbons (Fsp3) is 0.250. The summed E-state index contributed by atoms with van der Waals surface area (Å²) in [5.41, 5.74) is 7.89. The van der Waals surface area contributed by atoms with Crippen LogP contribution in [0.1, 0.15) is 18.7 Å². The Morgan fingerprint density at radius 2 is 2.00 bits per heavy atom. The predicted molar refractivity (Wildman–Crippen MR) is 62.7 cm³/mol. The first-order valence-electron chi connectivity index (χ1n) is 5.14. The first-order chi connectivity index (χ1) is 7.72. The number of methoxy groups -OCH3 is 1. The van der Waals surface area contributed by atoms with E-state index in [0.717, 1.165) is 17.1 Å². The van der Waals surface area contributed by atoms with Gasteiger partial charge in [0.05, 0.1) is 25.3 Å². The molecule has 4 heteroatoms. The van der Waals surface area contributed by atoms with E-state index in [1.165, 1.54) is 0 Å². The Labute approximate surface area is 94.7 Å². The minimum Gasteiger partial charge on any atom is -0.497 e. The molecule has 1 heterocycles. The quantitative estimate of drug-likeness (QED) is 0.854. The highest BCUT2D eigenvalue weighted by molar-refractivity contribution is 5.39. The minimum atomic E-state index is -0.0374. The summed E-state index contributed by atoms with van der Waals surface area (Å²) in [4.78, 5) is 4.11. The predicted octanol–water partition coefficient (Wildman–Crippen LogP) is 1.90. The van der Waals surface area contributed by atoms with E-state index in [1.807, 2.05) is 35.8 Å². The molecule has 0 aliphatic heterocycles. The first kappa shape index (κ1) is 10.7. The second-order valence-electron chi connectivity index (χ2n) is 3.68. The van der Waals surface area contributed by atoms with Crippen LogP contribution in [0.2, 0.25) is 0 Å². The van der Waals surface area contributed by atoms with E-state index < -0.39 is 0 Å². The second-order valence-corrected chi connectivity index (χ2v) is 3.68. The van der Waals surface area contributed by atoms with Gasteiger partial charge in [-0.1, -0.05) is 0 Å². The molecule has 4 nitrogen and oxygen atoms in total. The van der Waals surface area contributed by atoms with Gasteiger partial charge in [-0.2, -0.15) is 0 Å². The second kappa shape index (κ2) is 4.37. The van der Waals surface area contributed by atoms with Gasteiger partial charge < -0.3 is 15.0 Å². The van der Waals surface area contributed by atoms with Crippen molar-refractivity contribution in [2.75, 3.05) is 7.11 Å². The molecule has 0 fully saturated rings. The maximum Gasteiger partial charge on any atom is 0.119 e. The number of nitrogens with zero attached hydrogens (tertiary/aromatic N) is 2. The summed E-state index contributed by atoms with van der Waals surface area (Å²) in [6.45, 7) is 1.94. The number of hydrogen-bond acceptors (Lipinski definition) is 3. The van der Waals surface area contributed by atoms with Crippen molar-refractivity contribution in [1.29, 1.82) is 0 Å². The van der Waals surface area contributed by atoms with Gasteiger partial charge in [-0.15, -0.1) is 0 Å². The molecule has 1 aromatic carbocycles. The van der Waals surface area contributed by atoms with E-state index >= 15 is 0 Å². The molecule has 0 radical (unpaired) electrons. The lowest BCUT2D eigenvalue weighted by Crippen LogP contribution is -2.10. The van der Waals surface area contributed by atoms with Crippen LogP contribution in [0.25, 0.3) is 5.69 Å². The van der Waals surface area contributed by atoms with Gasteiger partial charge in [0.1, 0.15) is 5.75 Å². The summed E-state index contributed by atoms with van der Waals surface area (Å²) < 4.78 is 7.09. The fourth-order valence-corrected chi connectivity index (χ4v) is 1.60. The Morgan fingerprint density at radius 1 is 1.31 bits per heavy atom. The Bertz CT molecular complexity index is 459. The van der Waals surface area contributed by atoms with E-state index in [0.29, 0.717) is 0 Å². The maximum absolute atomic E-state index is 5.87. The highest BCUT2D eigenvalue weighted by Crippen LogP contribution is 2.18. The minimum absolute atomic E-state index is 0.0374. The number of hydrogen-bond donors (Lipinski definition) is 1. The van der Waals surface area contributed by atoms with Crippen LogP contribution in [0.5, 0.6) is 5.75 Å². The van der Waals surface area contributed by atoms with Crippen LogP contribution in [0, 0.1) is 0 Å². The third-order valence-corrected chi connectivity index (χ3v) is 2.48. The zero-order valence-corrected chi connectivity index (χ0v) is 9.42. The number of ether oxygens (including phenoxy) is 1. The molecule has 0 unspecified atom stereocenters. The van der Waals surface area contributed by atoms with Gasteiger partial charge in [-0.3, -0.25) is 0 Å². The highest BCUT2D eigenvalue weighted by Gasteiger charge is 2.07. The summed E-state index contributed by atoms with van der Waals surface area (Å²) in [6, 6.07) is 7.75. The van der Waals surface area contributed by atoms with Gasteiger partial charge in [0, 0.05) is 11.7 Å². The fourth-order valence-electron chi connectivity index (χ4n) is 1.60. The van der Waals surface area contributed by atoms with Crippen molar-refractivity contribution in [3.63, 3.8) is 0 Å². The average Bonchev–Trinajstić information content (AvgIpc) is 2.78. The molecule has 0 spiro atoms. The zero-order chi connectivity index (χ0) is 11.5. The molecule has 1 atom stereocenters. The average molecular weight is 217 g/mol. The number of benzene rings is 1. The van der Waals surface area contributed by atoms with Gasteiger partial charge in [-0.05, 0) is 31.2 Å². The van der Waals surface area contributed by atoms with E-state index in [2.05, 4.69) is 4.98 Å².